The molecule has 0 radical (unpaired) electrons. The summed E-state index contributed by atoms with van der Waals surface area (Å²) < 4.78 is 7.41. The van der Waals surface area contributed by atoms with Crippen molar-refractivity contribution in [3.63, 3.8) is 0 Å². The topological polar surface area (TPSA) is 73.6 Å². The van der Waals surface area contributed by atoms with E-state index in [-0.39, 0.29) is 5.60 Å². The van der Waals surface area contributed by atoms with Crippen LogP contribution in [0.2, 0.25) is 0 Å². The van der Waals surface area contributed by atoms with Gasteiger partial charge in [0.1, 0.15) is 0 Å². The maximum Gasteiger partial charge on any atom is 0.168 e. The van der Waals surface area contributed by atoms with Gasteiger partial charge in [-0.15, -0.1) is 0 Å². The molecular formula is C19H25N5O2. The first-order valence-electron chi connectivity index (χ1n) is 9.57. The molecule has 1 spiro atoms. The summed E-state index contributed by atoms with van der Waals surface area (Å²) in [7, 11) is 1.95. The highest BCUT2D eigenvalue weighted by molar-refractivity contribution is 6.11. The number of oxime groups is 1. The van der Waals surface area contributed by atoms with Gasteiger partial charge in [0.15, 0.2) is 11.2 Å². The van der Waals surface area contributed by atoms with Crippen molar-refractivity contribution < 1.29 is 9.57 Å². The van der Waals surface area contributed by atoms with Gasteiger partial charge in [-0.2, -0.15) is 5.10 Å². The third-order valence-corrected chi connectivity index (χ3v) is 5.95. The Morgan fingerprint density at radius 1 is 1.31 bits per heavy atom. The van der Waals surface area contributed by atoms with Gasteiger partial charge in [-0.05, 0) is 19.8 Å². The molecule has 7 nitrogen and oxygen atoms in total. The second-order valence-electron chi connectivity index (χ2n) is 7.87. The molecule has 26 heavy (non-hydrogen) atoms. The zero-order chi connectivity index (χ0) is 17.7. The van der Waals surface area contributed by atoms with Crippen molar-refractivity contribution in [2.75, 3.05) is 18.5 Å². The molecule has 4 heterocycles. The number of anilines is 1. The van der Waals surface area contributed by atoms with E-state index in [9.17, 15) is 0 Å². The van der Waals surface area contributed by atoms with Crippen molar-refractivity contribution in [2.45, 2.75) is 57.1 Å². The number of nitrogens with zero attached hydrogens (tertiary/aromatic N) is 4. The van der Waals surface area contributed by atoms with E-state index in [4.69, 9.17) is 9.57 Å². The van der Waals surface area contributed by atoms with E-state index in [1.54, 1.807) is 0 Å². The highest BCUT2D eigenvalue weighted by atomic mass is 16.7. The molecule has 7 heteroatoms. The lowest BCUT2D eigenvalue weighted by Crippen LogP contribution is -2.29. The third kappa shape index (κ3) is 2.48. The molecule has 2 aliphatic heterocycles. The maximum atomic E-state index is 5.83. The van der Waals surface area contributed by atoms with Crippen molar-refractivity contribution in [2.24, 2.45) is 12.2 Å². The van der Waals surface area contributed by atoms with Gasteiger partial charge >= 0.3 is 0 Å². The Morgan fingerprint density at radius 2 is 2.15 bits per heavy atom. The first-order valence-corrected chi connectivity index (χ1v) is 9.57. The number of aryl methyl sites for hydroxylation is 2. The summed E-state index contributed by atoms with van der Waals surface area (Å²) >= 11 is 0. The second-order valence-corrected chi connectivity index (χ2v) is 7.87. The molecular weight excluding hydrogens is 330 g/mol. The minimum absolute atomic E-state index is 0.279. The molecule has 1 N–H and O–H groups in total. The third-order valence-electron chi connectivity index (χ3n) is 5.95. The van der Waals surface area contributed by atoms with Crippen molar-refractivity contribution in [1.29, 1.82) is 0 Å². The summed E-state index contributed by atoms with van der Waals surface area (Å²) in [6, 6.07) is 0.505. The number of rotatable bonds is 3. The van der Waals surface area contributed by atoms with Crippen LogP contribution in [0.3, 0.4) is 0 Å². The molecule has 2 fully saturated rings. The highest BCUT2D eigenvalue weighted by Crippen LogP contribution is 2.38. The van der Waals surface area contributed by atoms with E-state index < -0.39 is 0 Å². The molecule has 138 valence electrons. The van der Waals surface area contributed by atoms with Crippen LogP contribution in [-0.4, -0.2) is 45.3 Å². The lowest BCUT2D eigenvalue weighted by molar-refractivity contribution is -0.0237. The van der Waals surface area contributed by atoms with Crippen LogP contribution in [-0.2, 0) is 16.6 Å². The van der Waals surface area contributed by atoms with Crippen LogP contribution in [0.4, 0.5) is 5.69 Å². The van der Waals surface area contributed by atoms with Gasteiger partial charge in [-0.25, -0.2) is 4.98 Å². The van der Waals surface area contributed by atoms with E-state index >= 15 is 0 Å². The molecule has 5 rings (SSSR count). The van der Waals surface area contributed by atoms with Gasteiger partial charge in [0.25, 0.3) is 0 Å². The number of hydrogen-bond acceptors (Lipinski definition) is 6. The van der Waals surface area contributed by atoms with Crippen LogP contribution in [0.1, 0.15) is 49.8 Å². The summed E-state index contributed by atoms with van der Waals surface area (Å²) in [4.78, 5) is 10.5. The van der Waals surface area contributed by atoms with Gasteiger partial charge in [0.05, 0.1) is 35.7 Å². The fraction of sp³-hybridized carbons (Fsp3) is 0.632. The molecule has 1 saturated heterocycles. The predicted molar refractivity (Wildman–Crippen MR) is 99.5 cm³/mol. The number of aromatic nitrogens is 3. The standard InChI is InChI=1S/C19H25N5O2/c1-12-16-17(21-13-5-3-4-6-13)14(10-20-18(16)24(2)22-12)15-9-19(26-23-15)7-8-25-11-19/h10,13H,3-9,11H2,1-2H3,(H,20,21). The minimum Gasteiger partial charge on any atom is -0.386 e. The molecule has 0 aromatic carbocycles. The maximum absolute atomic E-state index is 5.83. The Balaban J connectivity index is 1.59. The van der Waals surface area contributed by atoms with E-state index in [0.717, 1.165) is 53.1 Å². The Hall–Kier alpha value is -2.15. The number of pyridine rings is 1. The predicted octanol–water partition coefficient (Wildman–Crippen LogP) is 2.91. The molecule has 2 aromatic rings. The Bertz CT molecular complexity index is 876. The van der Waals surface area contributed by atoms with Gasteiger partial charge in [-0.3, -0.25) is 4.68 Å². The van der Waals surface area contributed by atoms with Gasteiger partial charge < -0.3 is 14.9 Å². The average molecular weight is 355 g/mol. The SMILES string of the molecule is Cc1nn(C)c2ncc(C3=NOC4(CCOC4)C3)c(NC3CCCC3)c12. The van der Waals surface area contributed by atoms with Crippen LogP contribution in [0.15, 0.2) is 11.4 Å². The fourth-order valence-electron chi connectivity index (χ4n) is 4.52. The molecule has 1 aliphatic carbocycles. The van der Waals surface area contributed by atoms with Gasteiger partial charge in [0.2, 0.25) is 0 Å². The minimum atomic E-state index is -0.279. The first-order chi connectivity index (χ1) is 12.7. The van der Waals surface area contributed by atoms with Crippen molar-refractivity contribution in [1.82, 2.24) is 14.8 Å². The number of ether oxygens (including phenoxy) is 1. The van der Waals surface area contributed by atoms with Crippen molar-refractivity contribution in [3.8, 4) is 0 Å². The molecule has 1 saturated carbocycles. The van der Waals surface area contributed by atoms with Gasteiger partial charge in [-0.1, -0.05) is 18.0 Å². The molecule has 2 aromatic heterocycles. The lowest BCUT2D eigenvalue weighted by Gasteiger charge is -2.19. The van der Waals surface area contributed by atoms with Crippen LogP contribution in [0.5, 0.6) is 0 Å². The van der Waals surface area contributed by atoms with Crippen LogP contribution >= 0.6 is 0 Å². The molecule has 1 unspecified atom stereocenters. The van der Waals surface area contributed by atoms with Crippen LogP contribution in [0.25, 0.3) is 11.0 Å². The molecule has 0 bridgehead atoms. The van der Waals surface area contributed by atoms with E-state index in [1.807, 2.05) is 24.9 Å². The largest absolute Gasteiger partial charge is 0.386 e. The zero-order valence-corrected chi connectivity index (χ0v) is 15.4. The van der Waals surface area contributed by atoms with Crippen LogP contribution < -0.4 is 5.32 Å². The van der Waals surface area contributed by atoms with Crippen molar-refractivity contribution in [3.05, 3.63) is 17.5 Å². The molecule has 1 atom stereocenters. The van der Waals surface area contributed by atoms with E-state index in [2.05, 4.69) is 20.6 Å². The number of hydrogen-bond donors (Lipinski definition) is 1. The summed E-state index contributed by atoms with van der Waals surface area (Å²) in [5.41, 5.74) is 4.75. The average Bonchev–Trinajstić information content (AvgIpc) is 3.40. The normalized spacial score (nSPS) is 26.0. The lowest BCUT2D eigenvalue weighted by atomic mass is 9.93. The fourth-order valence-corrected chi connectivity index (χ4v) is 4.52. The number of nitrogens with one attached hydrogen (secondary N) is 1. The van der Waals surface area contributed by atoms with Crippen molar-refractivity contribution >= 4 is 22.4 Å². The van der Waals surface area contributed by atoms with E-state index in [0.29, 0.717) is 12.6 Å². The summed E-state index contributed by atoms with van der Waals surface area (Å²) in [5, 5.41) is 13.9. The first kappa shape index (κ1) is 16.1. The smallest absolute Gasteiger partial charge is 0.168 e. The number of fused-ring (bicyclic) bond motifs is 1. The summed E-state index contributed by atoms with van der Waals surface area (Å²) in [6.45, 7) is 3.41. The Labute approximate surface area is 152 Å². The monoisotopic (exact) mass is 355 g/mol. The second kappa shape index (κ2) is 5.94. The van der Waals surface area contributed by atoms with Crippen LogP contribution in [0, 0.1) is 6.92 Å². The Kier molecular flexibility index (Phi) is 3.67. The highest BCUT2D eigenvalue weighted by Gasteiger charge is 2.44. The molecule has 3 aliphatic rings. The quantitative estimate of drug-likeness (QED) is 0.916. The zero-order valence-electron chi connectivity index (χ0n) is 15.4. The molecule has 0 amide bonds. The Morgan fingerprint density at radius 3 is 2.92 bits per heavy atom. The van der Waals surface area contributed by atoms with Gasteiger partial charge in [0, 0.05) is 37.7 Å². The summed E-state index contributed by atoms with van der Waals surface area (Å²) in [6.07, 6.45) is 8.60. The van der Waals surface area contributed by atoms with E-state index in [1.165, 1.54) is 25.7 Å². The summed E-state index contributed by atoms with van der Waals surface area (Å²) in [5.74, 6) is 0.